The van der Waals surface area contributed by atoms with Crippen molar-refractivity contribution in [2.75, 3.05) is 29.1 Å². The number of hydrogen-bond acceptors (Lipinski definition) is 7. The molecule has 1 aliphatic heterocycles. The van der Waals surface area contributed by atoms with Crippen LogP contribution in [0.2, 0.25) is 0 Å². The summed E-state index contributed by atoms with van der Waals surface area (Å²) < 4.78 is 2.31. The molecule has 1 fully saturated rings. The van der Waals surface area contributed by atoms with Crippen LogP contribution in [0.5, 0.6) is 0 Å². The summed E-state index contributed by atoms with van der Waals surface area (Å²) in [5, 5.41) is 4.44. The number of thiazole rings is 1. The molecule has 1 saturated heterocycles. The number of benzene rings is 1. The van der Waals surface area contributed by atoms with Crippen LogP contribution in [0.1, 0.15) is 50.7 Å². The maximum atomic E-state index is 13.3. The third-order valence-electron chi connectivity index (χ3n) is 6.69. The van der Waals surface area contributed by atoms with E-state index in [2.05, 4.69) is 29.3 Å². The molecule has 0 saturated carbocycles. The topological polar surface area (TPSA) is 80.1 Å². The number of nitrogens with zero attached hydrogens (tertiary/aromatic N) is 4. The molecule has 0 atom stereocenters. The summed E-state index contributed by atoms with van der Waals surface area (Å²) in [5.74, 6) is 0.831. The van der Waals surface area contributed by atoms with E-state index in [0.29, 0.717) is 22.0 Å². The van der Waals surface area contributed by atoms with Gasteiger partial charge in [-0.2, -0.15) is 4.98 Å². The average molecular weight is 498 g/mol. The average Bonchev–Trinajstić information content (AvgIpc) is 3.47. The van der Waals surface area contributed by atoms with Crippen molar-refractivity contribution in [2.45, 2.75) is 64.1 Å². The largest absolute Gasteiger partial charge is 0.348 e. The zero-order chi connectivity index (χ0) is 23.7. The highest BCUT2D eigenvalue weighted by Crippen LogP contribution is 2.30. The number of aromatic nitrogens is 3. The summed E-state index contributed by atoms with van der Waals surface area (Å²) in [6.07, 6.45) is 6.48. The van der Waals surface area contributed by atoms with Crippen molar-refractivity contribution in [3.63, 3.8) is 0 Å². The van der Waals surface area contributed by atoms with Gasteiger partial charge in [0.25, 0.3) is 5.56 Å². The Morgan fingerprint density at radius 3 is 2.79 bits per heavy atom. The third kappa shape index (κ3) is 4.86. The quantitative estimate of drug-likeness (QED) is 0.376. The van der Waals surface area contributed by atoms with E-state index in [4.69, 9.17) is 9.97 Å². The lowest BCUT2D eigenvalue weighted by atomic mass is 10.00. The first kappa shape index (κ1) is 23.4. The van der Waals surface area contributed by atoms with E-state index in [1.807, 2.05) is 13.0 Å². The first-order valence-electron chi connectivity index (χ1n) is 12.2. The van der Waals surface area contributed by atoms with Crippen LogP contribution in [0.4, 0.5) is 10.8 Å². The molecule has 9 heteroatoms. The van der Waals surface area contributed by atoms with Crippen LogP contribution in [0.15, 0.2) is 28.2 Å². The Bertz CT molecular complexity index is 1260. The number of carbonyl (C=O) groups excluding carboxylic acids is 1. The summed E-state index contributed by atoms with van der Waals surface area (Å²) in [5.41, 5.74) is 3.99. The van der Waals surface area contributed by atoms with Crippen LogP contribution in [0.25, 0.3) is 10.3 Å². The van der Waals surface area contributed by atoms with Gasteiger partial charge in [-0.1, -0.05) is 43.0 Å². The number of rotatable bonds is 7. The first-order chi connectivity index (χ1) is 16.5. The van der Waals surface area contributed by atoms with Gasteiger partial charge in [-0.25, -0.2) is 4.98 Å². The molecule has 2 aliphatic rings. The van der Waals surface area contributed by atoms with Gasteiger partial charge in [0.15, 0.2) is 15.9 Å². The third-order valence-corrected chi connectivity index (χ3v) is 8.76. The second kappa shape index (κ2) is 10.1. The Morgan fingerprint density at radius 1 is 1.21 bits per heavy atom. The minimum Gasteiger partial charge on any atom is -0.348 e. The number of nitrogens with one attached hydrogen (secondary N) is 1. The van der Waals surface area contributed by atoms with E-state index in [1.54, 1.807) is 4.57 Å². The van der Waals surface area contributed by atoms with Crippen molar-refractivity contribution < 1.29 is 4.79 Å². The van der Waals surface area contributed by atoms with E-state index in [0.717, 1.165) is 61.9 Å². The Labute approximate surface area is 208 Å². The van der Waals surface area contributed by atoms with E-state index >= 15 is 0 Å². The fourth-order valence-electron chi connectivity index (χ4n) is 4.72. The van der Waals surface area contributed by atoms with Crippen molar-refractivity contribution in [1.82, 2.24) is 14.5 Å². The molecule has 7 nitrogen and oxygen atoms in total. The molecule has 1 aliphatic carbocycles. The number of aryl methyl sites for hydroxylation is 2. The molecule has 1 aromatic carbocycles. The summed E-state index contributed by atoms with van der Waals surface area (Å²) in [4.78, 5) is 37.7. The van der Waals surface area contributed by atoms with E-state index in [9.17, 15) is 9.59 Å². The molecule has 5 rings (SSSR count). The zero-order valence-electron chi connectivity index (χ0n) is 19.8. The first-order valence-corrected chi connectivity index (χ1v) is 14.0. The normalized spacial score (nSPS) is 16.2. The van der Waals surface area contributed by atoms with Crippen molar-refractivity contribution in [2.24, 2.45) is 5.92 Å². The van der Waals surface area contributed by atoms with Gasteiger partial charge >= 0.3 is 0 Å². The van der Waals surface area contributed by atoms with Crippen LogP contribution in [-0.2, 0) is 24.2 Å². The molecule has 2 aromatic heterocycles. The summed E-state index contributed by atoms with van der Waals surface area (Å²) >= 11 is 2.75. The van der Waals surface area contributed by atoms with Gasteiger partial charge in [0, 0.05) is 25.3 Å². The van der Waals surface area contributed by atoms with Crippen LogP contribution in [-0.4, -0.2) is 39.3 Å². The lowest BCUT2D eigenvalue weighted by molar-refractivity contribution is -0.113. The number of amides is 1. The lowest BCUT2D eigenvalue weighted by Gasteiger charge is -2.29. The maximum absolute atomic E-state index is 13.3. The fraction of sp³-hybridized carbons (Fsp3) is 0.520. The number of carbonyl (C=O) groups is 1. The van der Waals surface area contributed by atoms with Gasteiger partial charge in [0.05, 0.1) is 5.75 Å². The second-order valence-electron chi connectivity index (χ2n) is 9.34. The minimum absolute atomic E-state index is 0.0532. The smallest absolute Gasteiger partial charge is 0.273 e. The van der Waals surface area contributed by atoms with Gasteiger partial charge in [-0.05, 0) is 67.7 Å². The Hall–Kier alpha value is -2.39. The Balaban J connectivity index is 1.33. The molecular weight excluding hydrogens is 466 g/mol. The van der Waals surface area contributed by atoms with Crippen molar-refractivity contribution in [1.29, 1.82) is 0 Å². The van der Waals surface area contributed by atoms with Crippen molar-refractivity contribution in [3.8, 4) is 0 Å². The second-order valence-corrected chi connectivity index (χ2v) is 11.3. The molecule has 0 unspecified atom stereocenters. The highest BCUT2D eigenvalue weighted by molar-refractivity contribution is 7.99. The van der Waals surface area contributed by atoms with E-state index in [-0.39, 0.29) is 17.2 Å². The molecule has 3 heterocycles. The van der Waals surface area contributed by atoms with E-state index < -0.39 is 0 Å². The van der Waals surface area contributed by atoms with Gasteiger partial charge < -0.3 is 10.2 Å². The number of fused-ring (bicyclic) bond motifs is 2. The number of thioether (sulfide) groups is 1. The molecule has 180 valence electrons. The summed E-state index contributed by atoms with van der Waals surface area (Å²) in [7, 11) is 0. The molecular formula is C25H31N5O2S2. The summed E-state index contributed by atoms with van der Waals surface area (Å²) in [6, 6.07) is 6.17. The number of anilines is 2. The van der Waals surface area contributed by atoms with Gasteiger partial charge in [0.1, 0.15) is 4.70 Å². The molecule has 34 heavy (non-hydrogen) atoms. The lowest BCUT2D eigenvalue weighted by Crippen LogP contribution is -2.32. The molecule has 0 bridgehead atoms. The molecule has 0 spiro atoms. The number of hydrogen-bond donors (Lipinski definition) is 1. The van der Waals surface area contributed by atoms with Crippen LogP contribution in [0.3, 0.4) is 0 Å². The van der Waals surface area contributed by atoms with Gasteiger partial charge in [0.2, 0.25) is 5.91 Å². The van der Waals surface area contributed by atoms with Crippen molar-refractivity contribution in [3.05, 3.63) is 39.7 Å². The SMILES string of the molecule is CCCn1c(SCC(=O)Nc2ccc3c(c2)CCC3)nc2nc(N3CCC(C)CC3)sc2c1=O. The van der Waals surface area contributed by atoms with Crippen LogP contribution >= 0.6 is 23.1 Å². The monoisotopic (exact) mass is 497 g/mol. The Morgan fingerprint density at radius 2 is 2.00 bits per heavy atom. The van der Waals surface area contributed by atoms with Crippen LogP contribution in [0, 0.1) is 5.92 Å². The fourth-order valence-corrected chi connectivity index (χ4v) is 6.54. The summed E-state index contributed by atoms with van der Waals surface area (Å²) in [6.45, 7) is 6.83. The molecule has 1 amide bonds. The van der Waals surface area contributed by atoms with Gasteiger partial charge in [-0.15, -0.1) is 0 Å². The minimum atomic E-state index is -0.0956. The van der Waals surface area contributed by atoms with Crippen LogP contribution < -0.4 is 15.8 Å². The zero-order valence-corrected chi connectivity index (χ0v) is 21.4. The van der Waals surface area contributed by atoms with Crippen molar-refractivity contribution >= 4 is 50.2 Å². The Kier molecular flexibility index (Phi) is 6.92. The highest BCUT2D eigenvalue weighted by Gasteiger charge is 2.22. The van der Waals surface area contributed by atoms with E-state index in [1.165, 1.54) is 40.6 Å². The predicted molar refractivity (Wildman–Crippen MR) is 140 cm³/mol. The highest BCUT2D eigenvalue weighted by atomic mass is 32.2. The standard InChI is InChI=1S/C25H31N5O2S2/c1-3-11-30-23(32)21-22(27-24(34-21)29-12-9-16(2)10-13-29)28-25(30)33-15-20(31)26-19-8-7-17-5-4-6-18(17)14-19/h7-8,14,16H,3-6,9-13,15H2,1-2H3,(H,26,31). The predicted octanol–water partition coefficient (Wildman–Crippen LogP) is 4.72. The molecule has 1 N–H and O–H groups in total. The molecule has 0 radical (unpaired) electrons. The molecule has 3 aromatic rings. The number of piperidine rings is 1. The van der Waals surface area contributed by atoms with Gasteiger partial charge in [-0.3, -0.25) is 14.2 Å². The maximum Gasteiger partial charge on any atom is 0.273 e.